The van der Waals surface area contributed by atoms with E-state index < -0.39 is 0 Å². The van der Waals surface area contributed by atoms with Gasteiger partial charge in [-0.25, -0.2) is 4.98 Å². The van der Waals surface area contributed by atoms with Crippen LogP contribution in [0.2, 0.25) is 0 Å². The maximum atomic E-state index is 5.88. The first-order chi connectivity index (χ1) is 14.5. The summed E-state index contributed by atoms with van der Waals surface area (Å²) in [6.07, 6.45) is 3.11. The molecule has 0 bridgehead atoms. The molecule has 0 amide bonds. The molecule has 0 aliphatic carbocycles. The predicted octanol–water partition coefficient (Wildman–Crippen LogP) is 5.99. The monoisotopic (exact) mass is 401 g/mol. The van der Waals surface area contributed by atoms with Gasteiger partial charge in [-0.1, -0.05) is 18.2 Å². The number of aryl methyl sites for hydroxylation is 4. The fourth-order valence-electron chi connectivity index (χ4n) is 4.28. The Kier molecular flexibility index (Phi) is 5.78. The summed E-state index contributed by atoms with van der Waals surface area (Å²) in [6, 6.07) is 13.0. The van der Waals surface area contributed by atoms with Gasteiger partial charge in [-0.15, -0.1) is 0 Å². The molecule has 4 rings (SSSR count). The minimum atomic E-state index is 0.624. The molecule has 2 aromatic heterocycles. The SMILES string of the molecule is CCOc1ccc(-c2[nH]c3c(C)c(C)ccc3c2CCCCN)c2ccc(C)nc12. The molecule has 2 heterocycles. The summed E-state index contributed by atoms with van der Waals surface area (Å²) < 4.78 is 5.88. The number of hydrogen-bond acceptors (Lipinski definition) is 3. The number of fused-ring (bicyclic) bond motifs is 2. The van der Waals surface area contributed by atoms with Crippen LogP contribution in [0.3, 0.4) is 0 Å². The molecule has 0 atom stereocenters. The number of rotatable bonds is 7. The van der Waals surface area contributed by atoms with Gasteiger partial charge in [0.25, 0.3) is 0 Å². The molecule has 2 aromatic carbocycles. The van der Waals surface area contributed by atoms with Crippen molar-refractivity contribution in [3.05, 3.63) is 58.8 Å². The summed E-state index contributed by atoms with van der Waals surface area (Å²) in [6.45, 7) is 9.75. The Hall–Kier alpha value is -2.85. The quantitative estimate of drug-likeness (QED) is 0.374. The van der Waals surface area contributed by atoms with Crippen LogP contribution in [0.25, 0.3) is 33.1 Å². The lowest BCUT2D eigenvalue weighted by Crippen LogP contribution is -2.00. The highest BCUT2D eigenvalue weighted by Crippen LogP contribution is 2.39. The molecule has 4 nitrogen and oxygen atoms in total. The first-order valence-electron chi connectivity index (χ1n) is 10.9. The van der Waals surface area contributed by atoms with Gasteiger partial charge in [0, 0.05) is 27.5 Å². The molecule has 3 N–H and O–H groups in total. The first-order valence-corrected chi connectivity index (χ1v) is 10.9. The minimum Gasteiger partial charge on any atom is -0.492 e. The van der Waals surface area contributed by atoms with E-state index in [1.165, 1.54) is 38.9 Å². The van der Waals surface area contributed by atoms with Gasteiger partial charge in [0.15, 0.2) is 0 Å². The number of aromatic nitrogens is 2. The summed E-state index contributed by atoms with van der Waals surface area (Å²) in [7, 11) is 0. The van der Waals surface area contributed by atoms with Crippen molar-refractivity contribution in [1.29, 1.82) is 0 Å². The molecule has 0 spiro atoms. The van der Waals surface area contributed by atoms with Crippen LogP contribution in [-0.4, -0.2) is 23.1 Å². The second-order valence-corrected chi connectivity index (χ2v) is 8.05. The number of pyridine rings is 1. The van der Waals surface area contributed by atoms with Crippen molar-refractivity contribution in [1.82, 2.24) is 9.97 Å². The average Bonchev–Trinajstić information content (AvgIpc) is 3.10. The maximum absolute atomic E-state index is 5.88. The molecule has 30 heavy (non-hydrogen) atoms. The van der Waals surface area contributed by atoms with Gasteiger partial charge in [-0.05, 0) is 88.4 Å². The smallest absolute Gasteiger partial charge is 0.145 e. The number of nitrogens with one attached hydrogen (secondary N) is 1. The Labute approximate surface area is 178 Å². The third-order valence-electron chi connectivity index (χ3n) is 6.02. The maximum Gasteiger partial charge on any atom is 0.145 e. The van der Waals surface area contributed by atoms with Crippen molar-refractivity contribution in [3.8, 4) is 17.0 Å². The number of nitrogens with two attached hydrogens (primary N) is 1. The van der Waals surface area contributed by atoms with Gasteiger partial charge >= 0.3 is 0 Å². The lowest BCUT2D eigenvalue weighted by molar-refractivity contribution is 0.343. The zero-order chi connectivity index (χ0) is 21.3. The van der Waals surface area contributed by atoms with E-state index in [0.29, 0.717) is 6.61 Å². The van der Waals surface area contributed by atoms with Crippen LogP contribution in [-0.2, 0) is 6.42 Å². The first kappa shape index (κ1) is 20.4. The van der Waals surface area contributed by atoms with E-state index in [9.17, 15) is 0 Å². The molecule has 0 fully saturated rings. The van der Waals surface area contributed by atoms with E-state index in [-0.39, 0.29) is 0 Å². The molecule has 0 unspecified atom stereocenters. The molecule has 4 heteroatoms. The number of benzene rings is 2. The standard InChI is InChI=1S/C26H31N3O/c1-5-30-23-14-13-21(22-12-10-17(3)28-26(22)23)25-19(8-6-7-15-27)20-11-9-16(2)18(4)24(20)29-25/h9-14,29H,5-8,15,27H2,1-4H3. The molecule has 0 saturated carbocycles. The number of H-pyrrole nitrogens is 1. The second-order valence-electron chi connectivity index (χ2n) is 8.05. The fourth-order valence-corrected chi connectivity index (χ4v) is 4.28. The fraction of sp³-hybridized carbons (Fsp3) is 0.346. The van der Waals surface area contributed by atoms with Crippen molar-refractivity contribution in [2.45, 2.75) is 47.0 Å². The number of aromatic amines is 1. The van der Waals surface area contributed by atoms with Crippen molar-refractivity contribution in [3.63, 3.8) is 0 Å². The number of ether oxygens (including phenoxy) is 1. The number of hydrogen-bond donors (Lipinski definition) is 2. The van der Waals surface area contributed by atoms with E-state index in [0.717, 1.165) is 48.2 Å². The highest BCUT2D eigenvalue weighted by atomic mass is 16.5. The molecule has 4 aromatic rings. The Bertz CT molecular complexity index is 1210. The lowest BCUT2D eigenvalue weighted by atomic mass is 9.96. The third-order valence-corrected chi connectivity index (χ3v) is 6.02. The van der Waals surface area contributed by atoms with Crippen LogP contribution >= 0.6 is 0 Å². The summed E-state index contributed by atoms with van der Waals surface area (Å²) in [4.78, 5) is 8.59. The van der Waals surface area contributed by atoms with Crippen LogP contribution in [0.5, 0.6) is 5.75 Å². The van der Waals surface area contributed by atoms with Gasteiger partial charge in [0.2, 0.25) is 0 Å². The highest BCUT2D eigenvalue weighted by molar-refractivity contribution is 6.02. The van der Waals surface area contributed by atoms with E-state index in [2.05, 4.69) is 55.2 Å². The summed E-state index contributed by atoms with van der Waals surface area (Å²) in [5, 5.41) is 2.43. The Balaban J connectivity index is 1.98. The van der Waals surface area contributed by atoms with Crippen molar-refractivity contribution < 1.29 is 4.74 Å². The average molecular weight is 402 g/mol. The summed E-state index contributed by atoms with van der Waals surface area (Å²) >= 11 is 0. The lowest BCUT2D eigenvalue weighted by Gasteiger charge is -2.12. The highest BCUT2D eigenvalue weighted by Gasteiger charge is 2.18. The molecule has 156 valence electrons. The minimum absolute atomic E-state index is 0.624. The van der Waals surface area contributed by atoms with E-state index in [4.69, 9.17) is 15.5 Å². The van der Waals surface area contributed by atoms with Crippen LogP contribution < -0.4 is 10.5 Å². The summed E-state index contributed by atoms with van der Waals surface area (Å²) in [5.74, 6) is 0.841. The van der Waals surface area contributed by atoms with Crippen LogP contribution in [0.1, 0.15) is 42.1 Å². The molecule has 0 aliphatic rings. The van der Waals surface area contributed by atoms with E-state index in [1.54, 1.807) is 0 Å². The van der Waals surface area contributed by atoms with Gasteiger partial charge in [0.1, 0.15) is 11.3 Å². The van der Waals surface area contributed by atoms with Crippen molar-refractivity contribution in [2.75, 3.05) is 13.2 Å². The molecule has 0 radical (unpaired) electrons. The van der Waals surface area contributed by atoms with Crippen molar-refractivity contribution in [2.24, 2.45) is 5.73 Å². The molecular formula is C26H31N3O. The number of unbranched alkanes of at least 4 members (excludes halogenated alkanes) is 1. The molecule has 0 aliphatic heterocycles. The second kappa shape index (κ2) is 8.49. The van der Waals surface area contributed by atoms with Crippen LogP contribution in [0.15, 0.2) is 36.4 Å². The van der Waals surface area contributed by atoms with Gasteiger partial charge < -0.3 is 15.5 Å². The largest absolute Gasteiger partial charge is 0.492 e. The van der Waals surface area contributed by atoms with Gasteiger partial charge in [-0.2, -0.15) is 0 Å². The topological polar surface area (TPSA) is 63.9 Å². The van der Waals surface area contributed by atoms with Crippen LogP contribution in [0.4, 0.5) is 0 Å². The van der Waals surface area contributed by atoms with E-state index in [1.807, 2.05) is 13.8 Å². The van der Waals surface area contributed by atoms with Crippen LogP contribution in [0, 0.1) is 20.8 Å². The Morgan fingerprint density at radius 1 is 0.967 bits per heavy atom. The van der Waals surface area contributed by atoms with Gasteiger partial charge in [0.05, 0.1) is 12.3 Å². The Morgan fingerprint density at radius 3 is 2.53 bits per heavy atom. The summed E-state index contributed by atoms with van der Waals surface area (Å²) in [5.41, 5.74) is 15.3. The zero-order valence-corrected chi connectivity index (χ0v) is 18.4. The van der Waals surface area contributed by atoms with Gasteiger partial charge in [-0.3, -0.25) is 0 Å². The third kappa shape index (κ3) is 3.56. The molecule has 0 saturated heterocycles. The normalized spacial score (nSPS) is 11.5. The predicted molar refractivity (Wildman–Crippen MR) is 126 cm³/mol. The zero-order valence-electron chi connectivity index (χ0n) is 18.4. The Morgan fingerprint density at radius 2 is 1.77 bits per heavy atom. The van der Waals surface area contributed by atoms with Crippen molar-refractivity contribution >= 4 is 21.8 Å². The number of nitrogens with zero attached hydrogens (tertiary/aromatic N) is 1. The van der Waals surface area contributed by atoms with E-state index >= 15 is 0 Å². The molecular weight excluding hydrogens is 370 g/mol.